The van der Waals surface area contributed by atoms with Gasteiger partial charge in [-0.25, -0.2) is 0 Å². The molecule has 1 aromatic rings. The average Bonchev–Trinajstić information content (AvgIpc) is 2.37. The van der Waals surface area contributed by atoms with Gasteiger partial charge in [0.2, 0.25) is 0 Å². The highest BCUT2D eigenvalue weighted by Gasteiger charge is 2.28. The lowest BCUT2D eigenvalue weighted by molar-refractivity contribution is 0.0238. The number of nitrogen functional groups attached to an aromatic ring is 1. The Morgan fingerprint density at radius 2 is 2.16 bits per heavy atom. The van der Waals surface area contributed by atoms with Crippen molar-refractivity contribution in [2.24, 2.45) is 5.41 Å². The zero-order valence-electron chi connectivity index (χ0n) is 11.0. The minimum absolute atomic E-state index is 0.0872. The van der Waals surface area contributed by atoms with E-state index in [0.29, 0.717) is 22.8 Å². The topological polar surface area (TPSA) is 64.4 Å². The number of nitrogens with one attached hydrogen (secondary N) is 1. The molecule has 1 heterocycles. The van der Waals surface area contributed by atoms with Gasteiger partial charge in [0.1, 0.15) is 0 Å². The molecule has 1 saturated heterocycles. The highest BCUT2D eigenvalue weighted by molar-refractivity contribution is 6.34. The van der Waals surface area contributed by atoms with Gasteiger partial charge in [-0.3, -0.25) is 4.79 Å². The Morgan fingerprint density at radius 1 is 1.47 bits per heavy atom. The summed E-state index contributed by atoms with van der Waals surface area (Å²) >= 11 is 6.02. The minimum atomic E-state index is -0.212. The van der Waals surface area contributed by atoms with Crippen LogP contribution in [-0.4, -0.2) is 25.7 Å². The number of rotatable bonds is 3. The first-order valence-corrected chi connectivity index (χ1v) is 6.80. The van der Waals surface area contributed by atoms with Crippen molar-refractivity contribution >= 4 is 23.2 Å². The van der Waals surface area contributed by atoms with Gasteiger partial charge in [0.25, 0.3) is 5.91 Å². The number of benzene rings is 1. The molecule has 1 amide bonds. The average molecular weight is 283 g/mol. The predicted octanol–water partition coefficient (Wildman–Crippen LogP) is 2.47. The Kier molecular flexibility index (Phi) is 4.32. The van der Waals surface area contributed by atoms with Crippen LogP contribution in [0.4, 0.5) is 5.69 Å². The number of hydrogen-bond donors (Lipinski definition) is 2. The van der Waals surface area contributed by atoms with Crippen LogP contribution in [0.2, 0.25) is 5.02 Å². The van der Waals surface area contributed by atoms with Crippen LogP contribution in [0.25, 0.3) is 0 Å². The van der Waals surface area contributed by atoms with E-state index in [2.05, 4.69) is 12.2 Å². The highest BCUT2D eigenvalue weighted by Crippen LogP contribution is 2.29. The van der Waals surface area contributed by atoms with Crippen LogP contribution in [-0.2, 0) is 4.74 Å². The first kappa shape index (κ1) is 14.2. The fourth-order valence-corrected chi connectivity index (χ4v) is 2.47. The molecule has 5 heteroatoms. The number of halogens is 1. The van der Waals surface area contributed by atoms with Gasteiger partial charge in [0.15, 0.2) is 0 Å². The Bertz CT molecular complexity index is 450. The zero-order chi connectivity index (χ0) is 13.9. The fraction of sp³-hybridized carbons (Fsp3) is 0.500. The summed E-state index contributed by atoms with van der Waals surface area (Å²) in [6.07, 6.45) is 1.90. The minimum Gasteiger partial charge on any atom is -0.398 e. The Balaban J connectivity index is 2.01. The van der Waals surface area contributed by atoms with Crippen LogP contribution in [0.5, 0.6) is 0 Å². The Morgan fingerprint density at radius 3 is 2.79 bits per heavy atom. The third kappa shape index (κ3) is 3.39. The second kappa shape index (κ2) is 5.80. The SMILES string of the molecule is CC1(CNC(=O)c2c(N)cccc2Cl)CCOCC1. The first-order valence-electron chi connectivity index (χ1n) is 6.42. The molecule has 0 bridgehead atoms. The van der Waals surface area contributed by atoms with Gasteiger partial charge in [0.05, 0.1) is 10.6 Å². The molecule has 0 atom stereocenters. The lowest BCUT2D eigenvalue weighted by Gasteiger charge is -2.33. The van der Waals surface area contributed by atoms with Gasteiger partial charge in [-0.1, -0.05) is 24.6 Å². The third-order valence-electron chi connectivity index (χ3n) is 3.65. The maximum Gasteiger partial charge on any atom is 0.254 e. The van der Waals surface area contributed by atoms with Crippen LogP contribution in [0.1, 0.15) is 30.1 Å². The Hall–Kier alpha value is -1.26. The molecule has 0 saturated carbocycles. The molecule has 0 unspecified atom stereocenters. The summed E-state index contributed by atoms with van der Waals surface area (Å²) < 4.78 is 5.34. The molecular weight excluding hydrogens is 264 g/mol. The van der Waals surface area contributed by atoms with E-state index >= 15 is 0 Å². The summed E-state index contributed by atoms with van der Waals surface area (Å²) in [4.78, 5) is 12.2. The summed E-state index contributed by atoms with van der Waals surface area (Å²) in [5.41, 5.74) is 6.65. The van der Waals surface area contributed by atoms with E-state index in [-0.39, 0.29) is 11.3 Å². The zero-order valence-corrected chi connectivity index (χ0v) is 11.8. The standard InChI is InChI=1S/C14H19ClN2O2/c1-14(5-7-19-8-6-14)9-17-13(18)12-10(15)3-2-4-11(12)16/h2-4H,5-9,16H2,1H3,(H,17,18). The van der Waals surface area contributed by atoms with Crippen LogP contribution in [0.3, 0.4) is 0 Å². The van der Waals surface area contributed by atoms with Gasteiger partial charge in [-0.15, -0.1) is 0 Å². The molecule has 1 fully saturated rings. The molecule has 0 aliphatic carbocycles. The molecule has 19 heavy (non-hydrogen) atoms. The van der Waals surface area contributed by atoms with Crippen molar-refractivity contribution in [1.82, 2.24) is 5.32 Å². The second-order valence-corrected chi connectivity index (χ2v) is 5.72. The highest BCUT2D eigenvalue weighted by atomic mass is 35.5. The molecule has 0 radical (unpaired) electrons. The molecule has 3 N–H and O–H groups in total. The maximum absolute atomic E-state index is 12.2. The van der Waals surface area contributed by atoms with Crippen molar-refractivity contribution < 1.29 is 9.53 Å². The Labute approximate surface area is 118 Å². The number of carbonyl (C=O) groups excluding carboxylic acids is 1. The van der Waals surface area contributed by atoms with Crippen molar-refractivity contribution in [2.75, 3.05) is 25.5 Å². The monoisotopic (exact) mass is 282 g/mol. The van der Waals surface area contributed by atoms with E-state index in [9.17, 15) is 4.79 Å². The van der Waals surface area contributed by atoms with Crippen molar-refractivity contribution in [1.29, 1.82) is 0 Å². The molecule has 1 aliphatic rings. The van der Waals surface area contributed by atoms with Gasteiger partial charge in [-0.2, -0.15) is 0 Å². The van der Waals surface area contributed by atoms with Crippen molar-refractivity contribution in [3.05, 3.63) is 28.8 Å². The normalized spacial score (nSPS) is 18.0. The van der Waals surface area contributed by atoms with Crippen LogP contribution in [0, 0.1) is 5.41 Å². The molecule has 1 aromatic carbocycles. The first-order chi connectivity index (χ1) is 9.02. The van der Waals surface area contributed by atoms with Crippen molar-refractivity contribution in [3.63, 3.8) is 0 Å². The summed E-state index contributed by atoms with van der Waals surface area (Å²) in [5, 5.41) is 3.32. The molecule has 0 aromatic heterocycles. The largest absolute Gasteiger partial charge is 0.398 e. The second-order valence-electron chi connectivity index (χ2n) is 5.31. The van der Waals surface area contributed by atoms with Gasteiger partial charge in [-0.05, 0) is 30.4 Å². The summed E-state index contributed by atoms with van der Waals surface area (Å²) in [6.45, 7) is 4.27. The molecule has 4 nitrogen and oxygen atoms in total. The molecule has 2 rings (SSSR count). The van der Waals surface area contributed by atoms with Gasteiger partial charge < -0.3 is 15.8 Å². The van der Waals surface area contributed by atoms with Gasteiger partial charge >= 0.3 is 0 Å². The summed E-state index contributed by atoms with van der Waals surface area (Å²) in [6, 6.07) is 5.08. The smallest absolute Gasteiger partial charge is 0.254 e. The molecule has 0 spiro atoms. The van der Waals surface area contributed by atoms with Crippen molar-refractivity contribution in [2.45, 2.75) is 19.8 Å². The molecule has 104 valence electrons. The van der Waals surface area contributed by atoms with E-state index in [1.165, 1.54) is 0 Å². The van der Waals surface area contributed by atoms with Crippen LogP contribution in [0.15, 0.2) is 18.2 Å². The van der Waals surface area contributed by atoms with E-state index < -0.39 is 0 Å². The lowest BCUT2D eigenvalue weighted by Crippen LogP contribution is -2.39. The van der Waals surface area contributed by atoms with E-state index in [1.54, 1.807) is 18.2 Å². The molecular formula is C14H19ClN2O2. The quantitative estimate of drug-likeness (QED) is 0.837. The number of hydrogen-bond acceptors (Lipinski definition) is 3. The number of carbonyl (C=O) groups is 1. The van der Waals surface area contributed by atoms with Crippen LogP contribution < -0.4 is 11.1 Å². The number of anilines is 1. The van der Waals surface area contributed by atoms with E-state index in [1.807, 2.05) is 0 Å². The van der Waals surface area contributed by atoms with E-state index in [4.69, 9.17) is 22.1 Å². The van der Waals surface area contributed by atoms with E-state index in [0.717, 1.165) is 26.1 Å². The van der Waals surface area contributed by atoms with Gasteiger partial charge in [0, 0.05) is 25.4 Å². The maximum atomic E-state index is 12.2. The predicted molar refractivity (Wildman–Crippen MR) is 76.4 cm³/mol. The number of amides is 1. The molecule has 1 aliphatic heterocycles. The fourth-order valence-electron chi connectivity index (χ4n) is 2.20. The summed E-state index contributed by atoms with van der Waals surface area (Å²) in [5.74, 6) is -0.212. The number of nitrogens with two attached hydrogens (primary N) is 1. The number of ether oxygens (including phenoxy) is 1. The summed E-state index contributed by atoms with van der Waals surface area (Å²) in [7, 11) is 0. The lowest BCUT2D eigenvalue weighted by atomic mass is 9.82. The van der Waals surface area contributed by atoms with Crippen molar-refractivity contribution in [3.8, 4) is 0 Å². The van der Waals surface area contributed by atoms with Crippen LogP contribution >= 0.6 is 11.6 Å². The third-order valence-corrected chi connectivity index (χ3v) is 3.96.